The number of carbonyl (C=O) groups excluding carboxylic acids is 1. The first kappa shape index (κ1) is 20.3. The van der Waals surface area contributed by atoms with Crippen LogP contribution in [0.1, 0.15) is 32.3 Å². The maximum atomic E-state index is 12.3. The Morgan fingerprint density at radius 3 is 2.44 bits per heavy atom. The molecule has 5 heteroatoms. The quantitative estimate of drug-likeness (QED) is 0.683. The van der Waals surface area contributed by atoms with E-state index in [1.807, 2.05) is 0 Å². The van der Waals surface area contributed by atoms with E-state index in [1.165, 1.54) is 5.56 Å². The summed E-state index contributed by atoms with van der Waals surface area (Å²) in [5.74, 6) is 1.21. The summed E-state index contributed by atoms with van der Waals surface area (Å²) in [6.45, 7) is 10.8. The number of hydrogen-bond donors (Lipinski definition) is 1. The van der Waals surface area contributed by atoms with Crippen LogP contribution >= 0.6 is 11.8 Å². The van der Waals surface area contributed by atoms with E-state index in [0.29, 0.717) is 17.7 Å². The van der Waals surface area contributed by atoms with E-state index in [4.69, 9.17) is 4.74 Å². The number of hydrogen-bond acceptors (Lipinski definition) is 4. The summed E-state index contributed by atoms with van der Waals surface area (Å²) in [6, 6.07) is 8.73. The topological polar surface area (TPSA) is 41.6 Å². The van der Waals surface area contributed by atoms with Gasteiger partial charge in [0.2, 0.25) is 5.91 Å². The molecule has 0 radical (unpaired) electrons. The molecule has 1 aromatic rings. The summed E-state index contributed by atoms with van der Waals surface area (Å²) in [7, 11) is 0. The number of nitrogens with one attached hydrogen (secondary N) is 1. The van der Waals surface area contributed by atoms with Crippen LogP contribution < -0.4 is 5.32 Å². The Hall–Kier alpha value is -1.04. The first-order chi connectivity index (χ1) is 12.1. The molecule has 1 saturated heterocycles. The van der Waals surface area contributed by atoms with Gasteiger partial charge in [-0.05, 0) is 25.0 Å². The van der Waals surface area contributed by atoms with Gasteiger partial charge in [-0.15, -0.1) is 11.8 Å². The summed E-state index contributed by atoms with van der Waals surface area (Å²) in [5, 5.41) is 3.17. The third kappa shape index (κ3) is 6.65. The lowest BCUT2D eigenvalue weighted by atomic mass is 9.92. The van der Waals surface area contributed by atoms with E-state index >= 15 is 0 Å². The molecule has 0 bridgehead atoms. The van der Waals surface area contributed by atoms with Gasteiger partial charge in [-0.3, -0.25) is 9.69 Å². The molecule has 0 saturated carbocycles. The van der Waals surface area contributed by atoms with Gasteiger partial charge in [0.25, 0.3) is 0 Å². The monoisotopic (exact) mass is 364 g/mol. The van der Waals surface area contributed by atoms with E-state index in [1.54, 1.807) is 11.8 Å². The number of nitrogens with zero attached hydrogens (tertiary/aromatic N) is 1. The maximum absolute atomic E-state index is 12.3. The number of benzene rings is 1. The van der Waals surface area contributed by atoms with Gasteiger partial charge < -0.3 is 10.1 Å². The fourth-order valence-corrected chi connectivity index (χ4v) is 4.12. The Bertz CT molecular complexity index is 511. The molecule has 1 heterocycles. The van der Waals surface area contributed by atoms with E-state index in [9.17, 15) is 4.79 Å². The zero-order valence-electron chi connectivity index (χ0n) is 15.8. The molecule has 2 rings (SSSR count). The average Bonchev–Trinajstić information content (AvgIpc) is 2.65. The third-order valence-corrected chi connectivity index (χ3v) is 6.02. The summed E-state index contributed by atoms with van der Waals surface area (Å²) in [4.78, 5) is 15.9. The molecule has 1 fully saturated rings. The van der Waals surface area contributed by atoms with Crippen LogP contribution in [0.25, 0.3) is 0 Å². The fourth-order valence-electron chi connectivity index (χ4n) is 3.39. The predicted molar refractivity (Wildman–Crippen MR) is 105 cm³/mol. The third-order valence-electron chi connectivity index (χ3n) is 5.01. The molecule has 1 N–H and O–H groups in total. The SMILES string of the molecule is CCC(CC)C(CNC(=O)CSc1ccc(C)cc1)N1CCOCC1. The van der Waals surface area contributed by atoms with Gasteiger partial charge in [-0.1, -0.05) is 44.4 Å². The Morgan fingerprint density at radius 2 is 1.84 bits per heavy atom. The lowest BCUT2D eigenvalue weighted by molar-refractivity contribution is -0.119. The maximum Gasteiger partial charge on any atom is 0.230 e. The Balaban J connectivity index is 1.83. The van der Waals surface area contributed by atoms with E-state index in [-0.39, 0.29) is 5.91 Å². The second kappa shape index (κ2) is 10.8. The number of ether oxygens (including phenoxy) is 1. The molecule has 1 aliphatic rings. The van der Waals surface area contributed by atoms with Crippen molar-refractivity contribution >= 4 is 17.7 Å². The van der Waals surface area contributed by atoms with Gasteiger partial charge in [0.1, 0.15) is 0 Å². The van der Waals surface area contributed by atoms with Crippen molar-refractivity contribution in [1.82, 2.24) is 10.2 Å². The number of aryl methyl sites for hydroxylation is 1. The molecule has 1 aromatic carbocycles. The van der Waals surface area contributed by atoms with Crippen molar-refractivity contribution < 1.29 is 9.53 Å². The predicted octanol–water partition coefficient (Wildman–Crippen LogP) is 3.34. The van der Waals surface area contributed by atoms with Crippen molar-refractivity contribution in [1.29, 1.82) is 0 Å². The highest BCUT2D eigenvalue weighted by Gasteiger charge is 2.27. The Labute approximate surface area is 156 Å². The van der Waals surface area contributed by atoms with Gasteiger partial charge >= 0.3 is 0 Å². The summed E-state index contributed by atoms with van der Waals surface area (Å²) < 4.78 is 5.49. The Morgan fingerprint density at radius 1 is 1.20 bits per heavy atom. The molecule has 4 nitrogen and oxygen atoms in total. The molecular weight excluding hydrogens is 332 g/mol. The van der Waals surface area contributed by atoms with Crippen LogP contribution in [0.15, 0.2) is 29.2 Å². The van der Waals surface area contributed by atoms with Gasteiger partial charge in [-0.2, -0.15) is 0 Å². The minimum absolute atomic E-state index is 0.120. The number of thioether (sulfide) groups is 1. The first-order valence-electron chi connectivity index (χ1n) is 9.42. The van der Waals surface area contributed by atoms with Gasteiger partial charge in [0, 0.05) is 30.6 Å². The van der Waals surface area contributed by atoms with Crippen LogP contribution in [-0.2, 0) is 9.53 Å². The summed E-state index contributed by atoms with van der Waals surface area (Å²) in [6.07, 6.45) is 2.29. The average molecular weight is 365 g/mol. The highest BCUT2D eigenvalue weighted by atomic mass is 32.2. The molecule has 1 aliphatic heterocycles. The number of carbonyl (C=O) groups is 1. The Kier molecular flexibility index (Phi) is 8.79. The highest BCUT2D eigenvalue weighted by Crippen LogP contribution is 2.20. The molecule has 1 amide bonds. The molecule has 1 atom stereocenters. The molecule has 140 valence electrons. The zero-order chi connectivity index (χ0) is 18.1. The zero-order valence-corrected chi connectivity index (χ0v) is 16.6. The van der Waals surface area contributed by atoms with Gasteiger partial charge in [-0.25, -0.2) is 0 Å². The molecular formula is C20H32N2O2S. The lowest BCUT2D eigenvalue weighted by Gasteiger charge is -2.38. The minimum Gasteiger partial charge on any atom is -0.379 e. The van der Waals surface area contributed by atoms with Crippen molar-refractivity contribution in [3.05, 3.63) is 29.8 Å². The minimum atomic E-state index is 0.120. The van der Waals surface area contributed by atoms with Crippen molar-refractivity contribution in [2.24, 2.45) is 5.92 Å². The highest BCUT2D eigenvalue weighted by molar-refractivity contribution is 8.00. The molecule has 0 aliphatic carbocycles. The summed E-state index contributed by atoms with van der Waals surface area (Å²) >= 11 is 1.60. The second-order valence-corrected chi connectivity index (χ2v) is 7.75. The van der Waals surface area contributed by atoms with Gasteiger partial charge in [0.15, 0.2) is 0 Å². The smallest absolute Gasteiger partial charge is 0.230 e. The van der Waals surface area contributed by atoms with Crippen LogP contribution in [0.3, 0.4) is 0 Å². The molecule has 1 unspecified atom stereocenters. The number of rotatable bonds is 9. The number of morpholine rings is 1. The van der Waals surface area contributed by atoms with E-state index in [0.717, 1.165) is 50.6 Å². The lowest BCUT2D eigenvalue weighted by Crippen LogP contribution is -2.52. The fraction of sp³-hybridized carbons (Fsp3) is 0.650. The van der Waals surface area contributed by atoms with Crippen molar-refractivity contribution in [2.45, 2.75) is 44.6 Å². The van der Waals surface area contributed by atoms with Crippen LogP contribution in [0.2, 0.25) is 0 Å². The van der Waals surface area contributed by atoms with Crippen molar-refractivity contribution in [3.63, 3.8) is 0 Å². The standard InChI is InChI=1S/C20H32N2O2S/c1-4-17(5-2)19(22-10-12-24-13-11-22)14-21-20(23)15-25-18-8-6-16(3)7-9-18/h6-9,17,19H,4-5,10-15H2,1-3H3,(H,21,23). The van der Waals surface area contributed by atoms with Crippen LogP contribution in [0.4, 0.5) is 0 Å². The van der Waals surface area contributed by atoms with Crippen molar-refractivity contribution in [3.8, 4) is 0 Å². The molecule has 0 spiro atoms. The molecule has 25 heavy (non-hydrogen) atoms. The largest absolute Gasteiger partial charge is 0.379 e. The van der Waals surface area contributed by atoms with Crippen LogP contribution in [0.5, 0.6) is 0 Å². The second-order valence-electron chi connectivity index (χ2n) is 6.70. The van der Waals surface area contributed by atoms with Crippen molar-refractivity contribution in [2.75, 3.05) is 38.6 Å². The van der Waals surface area contributed by atoms with Gasteiger partial charge in [0.05, 0.1) is 19.0 Å². The van der Waals surface area contributed by atoms with Crippen LogP contribution in [0, 0.1) is 12.8 Å². The number of amides is 1. The normalized spacial score (nSPS) is 16.8. The van der Waals surface area contributed by atoms with Crippen LogP contribution in [-0.4, -0.2) is 55.4 Å². The first-order valence-corrected chi connectivity index (χ1v) is 10.4. The molecule has 0 aromatic heterocycles. The van der Waals surface area contributed by atoms with E-state index < -0.39 is 0 Å². The summed E-state index contributed by atoms with van der Waals surface area (Å²) in [5.41, 5.74) is 1.24. The van der Waals surface area contributed by atoms with E-state index in [2.05, 4.69) is 55.3 Å².